The summed E-state index contributed by atoms with van der Waals surface area (Å²) in [5.41, 5.74) is 1.52. The van der Waals surface area contributed by atoms with Crippen molar-refractivity contribution >= 4 is 11.6 Å². The molecule has 3 atom stereocenters. The molecule has 1 aromatic rings. The number of fused-ring (bicyclic) bond motifs is 1. The summed E-state index contributed by atoms with van der Waals surface area (Å²) in [5.74, 6) is 0.412. The summed E-state index contributed by atoms with van der Waals surface area (Å²) in [6, 6.07) is 5.01. The Bertz CT molecular complexity index is 552. The molecule has 108 valence electrons. The van der Waals surface area contributed by atoms with Gasteiger partial charge in [-0.15, -0.1) is 0 Å². The van der Waals surface area contributed by atoms with E-state index < -0.39 is 0 Å². The number of carbonyl (C=O) groups is 1. The van der Waals surface area contributed by atoms with Crippen LogP contribution in [0.1, 0.15) is 51.5 Å². The summed E-state index contributed by atoms with van der Waals surface area (Å²) in [5, 5.41) is 2.74. The molecule has 2 aliphatic rings. The van der Waals surface area contributed by atoms with Gasteiger partial charge in [-0.2, -0.15) is 0 Å². The lowest BCUT2D eigenvalue weighted by molar-refractivity contribution is -0.118. The molecule has 2 nitrogen and oxygen atoms in total. The summed E-state index contributed by atoms with van der Waals surface area (Å²) < 4.78 is 13.8. The Kier molecular flexibility index (Phi) is 3.11. The average molecular weight is 275 g/mol. The maximum absolute atomic E-state index is 13.8. The second-order valence-electron chi connectivity index (χ2n) is 7.34. The molecule has 0 bridgehead atoms. The van der Waals surface area contributed by atoms with Gasteiger partial charge in [0.15, 0.2) is 0 Å². The minimum atomic E-state index is -0.318. The predicted molar refractivity (Wildman–Crippen MR) is 78.1 cm³/mol. The van der Waals surface area contributed by atoms with Gasteiger partial charge in [0.25, 0.3) is 0 Å². The quantitative estimate of drug-likeness (QED) is 0.812. The molecule has 1 fully saturated rings. The van der Waals surface area contributed by atoms with E-state index in [1.165, 1.54) is 12.5 Å². The number of para-hydroxylation sites is 1. The van der Waals surface area contributed by atoms with Gasteiger partial charge in [-0.25, -0.2) is 4.39 Å². The van der Waals surface area contributed by atoms with Crippen molar-refractivity contribution in [1.82, 2.24) is 0 Å². The van der Waals surface area contributed by atoms with Crippen molar-refractivity contribution in [3.8, 4) is 0 Å². The number of rotatable bonds is 1. The van der Waals surface area contributed by atoms with Crippen LogP contribution in [0.2, 0.25) is 0 Å². The van der Waals surface area contributed by atoms with Gasteiger partial charge in [-0.3, -0.25) is 4.79 Å². The fourth-order valence-corrected chi connectivity index (χ4v) is 4.42. The Hall–Kier alpha value is -1.38. The van der Waals surface area contributed by atoms with Gasteiger partial charge in [-0.1, -0.05) is 32.9 Å². The summed E-state index contributed by atoms with van der Waals surface area (Å²) >= 11 is 0. The van der Waals surface area contributed by atoms with Crippen LogP contribution >= 0.6 is 0 Å². The smallest absolute Gasteiger partial charge is 0.232 e. The van der Waals surface area contributed by atoms with Crippen molar-refractivity contribution in [1.29, 1.82) is 0 Å². The molecule has 20 heavy (non-hydrogen) atoms. The molecule has 0 radical (unpaired) electrons. The second-order valence-corrected chi connectivity index (χ2v) is 7.34. The monoisotopic (exact) mass is 275 g/mol. The first-order valence-electron chi connectivity index (χ1n) is 7.47. The van der Waals surface area contributed by atoms with E-state index in [0.717, 1.165) is 18.4 Å². The van der Waals surface area contributed by atoms with E-state index in [9.17, 15) is 9.18 Å². The normalized spacial score (nSPS) is 31.8. The summed E-state index contributed by atoms with van der Waals surface area (Å²) in [6.07, 6.45) is 3.29. The van der Waals surface area contributed by atoms with Crippen LogP contribution in [0.15, 0.2) is 18.2 Å². The Morgan fingerprint density at radius 3 is 2.75 bits per heavy atom. The molecule has 1 aromatic carbocycles. The molecular formula is C17H22FNO. The first kappa shape index (κ1) is 13.6. The molecular weight excluding hydrogens is 253 g/mol. The molecule has 1 aliphatic carbocycles. The minimum absolute atomic E-state index is 0.0278. The Labute approximate surface area is 119 Å². The molecule has 0 saturated heterocycles. The van der Waals surface area contributed by atoms with E-state index in [2.05, 4.69) is 26.1 Å². The molecule has 1 heterocycles. The predicted octanol–water partition coefficient (Wildman–Crippen LogP) is 4.32. The third kappa shape index (κ3) is 2.23. The van der Waals surface area contributed by atoms with Gasteiger partial charge < -0.3 is 5.32 Å². The Morgan fingerprint density at radius 2 is 2.05 bits per heavy atom. The van der Waals surface area contributed by atoms with Crippen LogP contribution in [0.4, 0.5) is 10.1 Å². The molecule has 1 saturated carbocycles. The highest BCUT2D eigenvalue weighted by Crippen LogP contribution is 2.50. The molecule has 3 heteroatoms. The largest absolute Gasteiger partial charge is 0.323 e. The van der Waals surface area contributed by atoms with Crippen LogP contribution in [0.5, 0.6) is 0 Å². The third-order valence-corrected chi connectivity index (χ3v) is 4.80. The zero-order valence-corrected chi connectivity index (χ0v) is 12.4. The summed E-state index contributed by atoms with van der Waals surface area (Å²) in [6.45, 7) is 6.80. The van der Waals surface area contributed by atoms with Gasteiger partial charge in [0.1, 0.15) is 5.82 Å². The molecule has 1 amide bonds. The minimum Gasteiger partial charge on any atom is -0.323 e. The van der Waals surface area contributed by atoms with Gasteiger partial charge in [0.05, 0.1) is 11.6 Å². The van der Waals surface area contributed by atoms with Crippen LogP contribution in [-0.2, 0) is 4.79 Å². The van der Waals surface area contributed by atoms with Crippen molar-refractivity contribution in [2.75, 3.05) is 5.32 Å². The lowest BCUT2D eigenvalue weighted by Gasteiger charge is -2.40. The summed E-state index contributed by atoms with van der Waals surface area (Å²) in [4.78, 5) is 12.3. The number of halogens is 1. The van der Waals surface area contributed by atoms with E-state index in [4.69, 9.17) is 0 Å². The maximum Gasteiger partial charge on any atom is 0.232 e. The van der Waals surface area contributed by atoms with E-state index in [-0.39, 0.29) is 23.1 Å². The lowest BCUT2D eigenvalue weighted by Crippen LogP contribution is -2.33. The Morgan fingerprint density at radius 1 is 1.30 bits per heavy atom. The molecule has 0 aromatic heterocycles. The maximum atomic E-state index is 13.8. The highest BCUT2D eigenvalue weighted by Gasteiger charge is 2.43. The number of hydrogen-bond donors (Lipinski definition) is 1. The van der Waals surface area contributed by atoms with E-state index >= 15 is 0 Å². The zero-order chi connectivity index (χ0) is 14.5. The van der Waals surface area contributed by atoms with Crippen molar-refractivity contribution in [2.45, 2.75) is 46.0 Å². The molecule has 1 N–H and O–H groups in total. The molecule has 3 rings (SSSR count). The number of benzene rings is 1. The van der Waals surface area contributed by atoms with E-state index in [1.807, 2.05) is 6.07 Å². The number of nitrogens with one attached hydrogen (secondary N) is 1. The third-order valence-electron chi connectivity index (χ3n) is 4.80. The zero-order valence-electron chi connectivity index (χ0n) is 12.4. The van der Waals surface area contributed by atoms with Crippen LogP contribution in [0.3, 0.4) is 0 Å². The second kappa shape index (κ2) is 4.57. The highest BCUT2D eigenvalue weighted by molar-refractivity contribution is 6.03. The van der Waals surface area contributed by atoms with Crippen LogP contribution in [0, 0.1) is 23.1 Å². The van der Waals surface area contributed by atoms with Crippen molar-refractivity contribution in [3.63, 3.8) is 0 Å². The van der Waals surface area contributed by atoms with Crippen molar-refractivity contribution in [2.24, 2.45) is 17.3 Å². The lowest BCUT2D eigenvalue weighted by atomic mass is 9.64. The number of carbonyl (C=O) groups excluding carboxylic acids is 1. The molecule has 0 spiro atoms. The fraction of sp³-hybridized carbons (Fsp3) is 0.588. The molecule has 3 unspecified atom stereocenters. The van der Waals surface area contributed by atoms with Gasteiger partial charge in [0.2, 0.25) is 5.91 Å². The fourth-order valence-electron chi connectivity index (χ4n) is 4.42. The molecule has 1 aliphatic heterocycles. The van der Waals surface area contributed by atoms with Crippen LogP contribution in [-0.4, -0.2) is 5.91 Å². The van der Waals surface area contributed by atoms with Gasteiger partial charge >= 0.3 is 0 Å². The average Bonchev–Trinajstić information content (AvgIpc) is 2.64. The van der Waals surface area contributed by atoms with Crippen LogP contribution in [0.25, 0.3) is 0 Å². The van der Waals surface area contributed by atoms with Crippen molar-refractivity contribution < 1.29 is 9.18 Å². The first-order valence-corrected chi connectivity index (χ1v) is 7.47. The number of hydrogen-bond acceptors (Lipinski definition) is 1. The summed E-state index contributed by atoms with van der Waals surface area (Å²) in [7, 11) is 0. The van der Waals surface area contributed by atoms with Crippen LogP contribution < -0.4 is 5.32 Å². The SMILES string of the molecule is CC1CC(C2C(=O)Nc3c(F)cccc32)CC(C)(C)C1. The Balaban J connectivity index is 1.95. The van der Waals surface area contributed by atoms with Gasteiger partial charge in [-0.05, 0) is 48.1 Å². The first-order chi connectivity index (χ1) is 9.37. The number of amides is 1. The highest BCUT2D eigenvalue weighted by atomic mass is 19.1. The van der Waals surface area contributed by atoms with E-state index in [0.29, 0.717) is 17.5 Å². The topological polar surface area (TPSA) is 29.1 Å². The van der Waals surface area contributed by atoms with E-state index in [1.54, 1.807) is 6.07 Å². The number of anilines is 1. The van der Waals surface area contributed by atoms with Crippen molar-refractivity contribution in [3.05, 3.63) is 29.6 Å². The standard InChI is InChI=1S/C17H22FNO/c1-10-7-11(9-17(2,3)8-10)14-12-5-4-6-13(18)15(12)19-16(14)20/h4-6,10-11,14H,7-9H2,1-3H3,(H,19,20). The van der Waals surface area contributed by atoms with Gasteiger partial charge in [0, 0.05) is 0 Å².